The molecule has 0 amide bonds. The van der Waals surface area contributed by atoms with Crippen molar-refractivity contribution in [3.63, 3.8) is 0 Å². The fourth-order valence-corrected chi connectivity index (χ4v) is 2.68. The molecule has 114 valence electrons. The van der Waals surface area contributed by atoms with Crippen LogP contribution in [0.2, 0.25) is 0 Å². The van der Waals surface area contributed by atoms with E-state index in [0.29, 0.717) is 11.4 Å². The lowest BCUT2D eigenvalue weighted by Gasteiger charge is -2.36. The lowest BCUT2D eigenvalue weighted by atomic mass is 9.77. The zero-order valence-corrected chi connectivity index (χ0v) is 11.7. The van der Waals surface area contributed by atoms with Crippen molar-refractivity contribution in [3.8, 4) is 11.8 Å². The number of rotatable bonds is 3. The van der Waals surface area contributed by atoms with Crippen molar-refractivity contribution in [2.24, 2.45) is 5.92 Å². The molecule has 1 saturated carbocycles. The van der Waals surface area contributed by atoms with Crippen molar-refractivity contribution in [2.45, 2.75) is 37.4 Å². The summed E-state index contributed by atoms with van der Waals surface area (Å²) >= 11 is 0. The Hall–Kier alpha value is -1.90. The summed E-state index contributed by atoms with van der Waals surface area (Å²) in [5.41, 5.74) is -0.255. The van der Waals surface area contributed by atoms with Crippen molar-refractivity contribution in [1.82, 2.24) is 0 Å². The van der Waals surface area contributed by atoms with Crippen molar-refractivity contribution in [3.05, 3.63) is 24.3 Å². The van der Waals surface area contributed by atoms with E-state index in [4.69, 9.17) is 4.74 Å². The Morgan fingerprint density at radius 2 is 2.00 bits per heavy atom. The van der Waals surface area contributed by atoms with Crippen molar-refractivity contribution in [2.75, 3.05) is 12.4 Å². The van der Waals surface area contributed by atoms with Crippen LogP contribution in [0.4, 0.5) is 18.9 Å². The molecule has 2 rings (SSSR count). The first-order valence-corrected chi connectivity index (χ1v) is 6.79. The molecule has 0 aliphatic heterocycles. The fraction of sp³-hybridized carbons (Fsp3) is 0.533. The number of nitrogens with zero attached hydrogens (tertiary/aromatic N) is 1. The molecular weight excluding hydrogens is 281 g/mol. The summed E-state index contributed by atoms with van der Waals surface area (Å²) in [6.07, 6.45) is -3.84. The third-order valence-electron chi connectivity index (χ3n) is 3.97. The van der Waals surface area contributed by atoms with Gasteiger partial charge >= 0.3 is 6.18 Å². The van der Waals surface area contributed by atoms with Gasteiger partial charge in [-0.1, -0.05) is 6.07 Å². The highest BCUT2D eigenvalue weighted by molar-refractivity contribution is 5.51. The molecule has 0 radical (unpaired) electrons. The number of halogens is 3. The van der Waals surface area contributed by atoms with Crippen molar-refractivity contribution < 1.29 is 17.9 Å². The Morgan fingerprint density at radius 1 is 1.33 bits per heavy atom. The first kappa shape index (κ1) is 15.5. The average molecular weight is 298 g/mol. The number of benzene rings is 1. The number of methoxy groups -OCH3 is 1. The van der Waals surface area contributed by atoms with E-state index in [2.05, 4.69) is 11.4 Å². The molecule has 1 aliphatic rings. The molecular formula is C15H17F3N2O. The predicted molar refractivity (Wildman–Crippen MR) is 73.0 cm³/mol. The average Bonchev–Trinajstić information content (AvgIpc) is 2.47. The van der Waals surface area contributed by atoms with Gasteiger partial charge in [0.1, 0.15) is 11.3 Å². The third-order valence-corrected chi connectivity index (χ3v) is 3.97. The molecule has 0 unspecified atom stereocenters. The van der Waals surface area contributed by atoms with Gasteiger partial charge in [0, 0.05) is 11.8 Å². The number of alkyl halides is 3. The van der Waals surface area contributed by atoms with Gasteiger partial charge in [0.2, 0.25) is 0 Å². The summed E-state index contributed by atoms with van der Waals surface area (Å²) in [4.78, 5) is 0. The summed E-state index contributed by atoms with van der Waals surface area (Å²) in [5, 5.41) is 12.5. The van der Waals surface area contributed by atoms with Crippen LogP contribution >= 0.6 is 0 Å². The first-order chi connectivity index (χ1) is 9.88. The number of hydrogen-bond donors (Lipinski definition) is 1. The van der Waals surface area contributed by atoms with Crippen LogP contribution < -0.4 is 10.1 Å². The number of anilines is 1. The molecule has 3 nitrogen and oxygen atoms in total. The number of ether oxygens (including phenoxy) is 1. The molecule has 21 heavy (non-hydrogen) atoms. The van der Waals surface area contributed by atoms with Gasteiger partial charge in [0.25, 0.3) is 0 Å². The molecule has 1 N–H and O–H groups in total. The molecule has 1 aromatic carbocycles. The minimum atomic E-state index is -4.17. The summed E-state index contributed by atoms with van der Waals surface area (Å²) < 4.78 is 43.2. The molecule has 6 heteroatoms. The molecule has 0 saturated heterocycles. The Morgan fingerprint density at radius 3 is 2.52 bits per heavy atom. The Bertz CT molecular complexity index is 528. The Balaban J connectivity index is 2.09. The van der Waals surface area contributed by atoms with E-state index in [9.17, 15) is 18.4 Å². The Kier molecular flexibility index (Phi) is 4.31. The highest BCUT2D eigenvalue weighted by Gasteiger charge is 2.46. The quantitative estimate of drug-likeness (QED) is 0.913. The topological polar surface area (TPSA) is 45.0 Å². The van der Waals surface area contributed by atoms with Crippen molar-refractivity contribution in [1.29, 1.82) is 5.26 Å². The summed E-state index contributed by atoms with van der Waals surface area (Å²) in [5.74, 6) is -0.664. The third kappa shape index (κ3) is 3.60. The van der Waals surface area contributed by atoms with Crippen LogP contribution in [-0.2, 0) is 0 Å². The van der Waals surface area contributed by atoms with E-state index in [1.54, 1.807) is 24.3 Å². The lowest BCUT2D eigenvalue weighted by Crippen LogP contribution is -2.43. The van der Waals surface area contributed by atoms with Crippen LogP contribution in [0.3, 0.4) is 0 Å². The van der Waals surface area contributed by atoms with E-state index in [0.717, 1.165) is 0 Å². The Labute approximate surface area is 121 Å². The van der Waals surface area contributed by atoms with Gasteiger partial charge in [-0.2, -0.15) is 18.4 Å². The number of nitrogens with one attached hydrogen (secondary N) is 1. The van der Waals surface area contributed by atoms with Gasteiger partial charge in [-0.15, -0.1) is 0 Å². The van der Waals surface area contributed by atoms with E-state index >= 15 is 0 Å². The smallest absolute Gasteiger partial charge is 0.391 e. The molecule has 0 atom stereocenters. The van der Waals surface area contributed by atoms with Crippen LogP contribution in [0.15, 0.2) is 24.3 Å². The van der Waals surface area contributed by atoms with Gasteiger partial charge in [0.15, 0.2) is 0 Å². The van der Waals surface area contributed by atoms with Crippen LogP contribution in [0, 0.1) is 17.2 Å². The molecule has 0 spiro atoms. The van der Waals surface area contributed by atoms with Crippen LogP contribution in [-0.4, -0.2) is 18.8 Å². The largest absolute Gasteiger partial charge is 0.497 e. The van der Waals surface area contributed by atoms with Crippen LogP contribution in [0.25, 0.3) is 0 Å². The van der Waals surface area contributed by atoms with Crippen LogP contribution in [0.1, 0.15) is 25.7 Å². The highest BCUT2D eigenvalue weighted by atomic mass is 19.4. The summed E-state index contributed by atoms with van der Waals surface area (Å²) in [6, 6.07) is 9.20. The van der Waals surface area contributed by atoms with Crippen molar-refractivity contribution >= 4 is 5.69 Å². The maximum atomic E-state index is 12.7. The molecule has 1 aromatic rings. The predicted octanol–water partition coefficient (Wildman–Crippen LogP) is 4.12. The first-order valence-electron chi connectivity index (χ1n) is 6.79. The number of hydrogen-bond acceptors (Lipinski definition) is 3. The van der Waals surface area contributed by atoms with Gasteiger partial charge in [0.05, 0.1) is 19.1 Å². The van der Waals surface area contributed by atoms with E-state index in [-0.39, 0.29) is 25.7 Å². The molecule has 1 fully saturated rings. The maximum absolute atomic E-state index is 12.7. The highest BCUT2D eigenvalue weighted by Crippen LogP contribution is 2.42. The van der Waals surface area contributed by atoms with E-state index < -0.39 is 17.6 Å². The van der Waals surface area contributed by atoms with Gasteiger partial charge < -0.3 is 10.1 Å². The number of nitriles is 1. The SMILES string of the molecule is COc1cccc(NC2(C#N)CCC(C(F)(F)F)CC2)c1. The molecule has 1 aliphatic carbocycles. The molecule has 0 bridgehead atoms. The fourth-order valence-electron chi connectivity index (χ4n) is 2.68. The second kappa shape index (κ2) is 5.84. The molecule has 0 heterocycles. The standard InChI is InChI=1S/C15H17F3N2O/c1-21-13-4-2-3-12(9-13)20-14(10-19)7-5-11(6-8-14)15(16,17)18/h2-4,9,11,20H,5-8H2,1H3. The minimum absolute atomic E-state index is 0.0198. The van der Waals surface area contributed by atoms with Gasteiger partial charge in [-0.25, -0.2) is 0 Å². The monoisotopic (exact) mass is 298 g/mol. The lowest BCUT2D eigenvalue weighted by molar-refractivity contribution is -0.183. The van der Waals surface area contributed by atoms with E-state index in [1.165, 1.54) is 7.11 Å². The van der Waals surface area contributed by atoms with Crippen LogP contribution in [0.5, 0.6) is 5.75 Å². The normalized spacial score (nSPS) is 26.0. The molecule has 0 aromatic heterocycles. The zero-order valence-electron chi connectivity index (χ0n) is 11.7. The van der Waals surface area contributed by atoms with E-state index in [1.807, 2.05) is 0 Å². The second-order valence-corrected chi connectivity index (χ2v) is 5.37. The van der Waals surface area contributed by atoms with Gasteiger partial charge in [-0.05, 0) is 37.8 Å². The minimum Gasteiger partial charge on any atom is -0.497 e. The zero-order chi connectivity index (χ0) is 15.5. The summed E-state index contributed by atoms with van der Waals surface area (Å²) in [7, 11) is 1.54. The maximum Gasteiger partial charge on any atom is 0.391 e. The van der Waals surface area contributed by atoms with Gasteiger partial charge in [-0.3, -0.25) is 0 Å². The second-order valence-electron chi connectivity index (χ2n) is 5.37. The summed E-state index contributed by atoms with van der Waals surface area (Å²) in [6.45, 7) is 0.